The van der Waals surface area contributed by atoms with E-state index >= 15 is 0 Å². The molecular weight excluding hydrogens is 419 g/mol. The van der Waals surface area contributed by atoms with E-state index in [0.29, 0.717) is 26.1 Å². The number of nitro benzene ring substituents is 1. The van der Waals surface area contributed by atoms with Crippen LogP contribution in [0.4, 0.5) is 5.69 Å². The van der Waals surface area contributed by atoms with Gasteiger partial charge in [0.15, 0.2) is 0 Å². The lowest BCUT2D eigenvalue weighted by atomic mass is 10.2. The van der Waals surface area contributed by atoms with Gasteiger partial charge in [-0.1, -0.05) is 70.5 Å². The zero-order chi connectivity index (χ0) is 19.9. The van der Waals surface area contributed by atoms with Crippen molar-refractivity contribution in [2.45, 2.75) is 16.4 Å². The monoisotopic (exact) mass is 432 g/mol. The zero-order valence-corrected chi connectivity index (χ0v) is 16.7. The highest BCUT2D eigenvalue weighted by molar-refractivity contribution is 7.99. The molecule has 0 aliphatic rings. The van der Waals surface area contributed by atoms with Crippen LogP contribution in [0, 0.1) is 10.1 Å². The van der Waals surface area contributed by atoms with E-state index in [2.05, 4.69) is 5.16 Å². The summed E-state index contributed by atoms with van der Waals surface area (Å²) in [5.74, 6) is 0. The van der Waals surface area contributed by atoms with E-state index in [0.717, 1.165) is 4.90 Å². The minimum Gasteiger partial charge on any atom is -0.391 e. The molecule has 8 heteroatoms. The van der Waals surface area contributed by atoms with Crippen molar-refractivity contribution in [3.8, 4) is 0 Å². The molecule has 0 unspecified atom stereocenters. The van der Waals surface area contributed by atoms with Crippen molar-refractivity contribution < 1.29 is 9.76 Å². The van der Waals surface area contributed by atoms with E-state index in [4.69, 9.17) is 28.0 Å². The van der Waals surface area contributed by atoms with Gasteiger partial charge in [0.25, 0.3) is 5.69 Å². The van der Waals surface area contributed by atoms with Crippen LogP contribution in [0.5, 0.6) is 0 Å². The Bertz CT molecular complexity index is 993. The van der Waals surface area contributed by atoms with Gasteiger partial charge in [0.2, 0.25) is 0 Å². The topological polar surface area (TPSA) is 64.7 Å². The molecule has 0 heterocycles. The summed E-state index contributed by atoms with van der Waals surface area (Å²) in [6, 6.07) is 19.5. The van der Waals surface area contributed by atoms with Gasteiger partial charge in [0.05, 0.1) is 16.0 Å². The molecule has 0 atom stereocenters. The predicted octanol–water partition coefficient (Wildman–Crippen LogP) is 6.60. The lowest BCUT2D eigenvalue weighted by Crippen LogP contribution is -1.94. The van der Waals surface area contributed by atoms with Crippen molar-refractivity contribution in [2.24, 2.45) is 5.16 Å². The maximum atomic E-state index is 11.4. The van der Waals surface area contributed by atoms with Crippen LogP contribution < -0.4 is 0 Å². The Labute approximate surface area is 176 Å². The van der Waals surface area contributed by atoms with Gasteiger partial charge in [-0.25, -0.2) is 0 Å². The van der Waals surface area contributed by atoms with Crippen molar-refractivity contribution in [1.29, 1.82) is 0 Å². The second-order valence-electron chi connectivity index (χ2n) is 5.61. The van der Waals surface area contributed by atoms with Gasteiger partial charge in [-0.05, 0) is 30.3 Å². The highest BCUT2D eigenvalue weighted by Crippen LogP contribution is 2.35. The fraction of sp³-hybridized carbons (Fsp3) is 0.0500. The molecule has 28 heavy (non-hydrogen) atoms. The fourth-order valence-electron chi connectivity index (χ4n) is 2.33. The molecule has 3 aromatic carbocycles. The van der Waals surface area contributed by atoms with Gasteiger partial charge >= 0.3 is 0 Å². The SMILES string of the molecule is O=[N+]([O-])c1cc(/C=N\OCc2c(Cl)cccc2Cl)ccc1Sc1ccccc1. The molecule has 0 saturated heterocycles. The Morgan fingerprint density at radius 2 is 1.75 bits per heavy atom. The molecule has 0 spiro atoms. The highest BCUT2D eigenvalue weighted by atomic mass is 35.5. The first-order valence-corrected chi connectivity index (χ1v) is 9.71. The van der Waals surface area contributed by atoms with E-state index in [1.54, 1.807) is 30.3 Å². The Morgan fingerprint density at radius 3 is 2.43 bits per heavy atom. The van der Waals surface area contributed by atoms with E-state index < -0.39 is 4.92 Å². The quantitative estimate of drug-likeness (QED) is 0.239. The van der Waals surface area contributed by atoms with Crippen LogP contribution in [0.15, 0.2) is 81.7 Å². The van der Waals surface area contributed by atoms with Gasteiger partial charge in [0.1, 0.15) is 6.61 Å². The van der Waals surface area contributed by atoms with E-state index in [1.807, 2.05) is 30.3 Å². The fourth-order valence-corrected chi connectivity index (χ4v) is 3.76. The van der Waals surface area contributed by atoms with Gasteiger partial charge < -0.3 is 4.84 Å². The first-order chi connectivity index (χ1) is 13.5. The molecule has 0 N–H and O–H groups in total. The van der Waals surface area contributed by atoms with Crippen molar-refractivity contribution in [3.63, 3.8) is 0 Å². The number of oxime groups is 1. The number of hydrogen-bond acceptors (Lipinski definition) is 5. The third-order valence-corrected chi connectivity index (χ3v) is 5.48. The Morgan fingerprint density at radius 1 is 1.04 bits per heavy atom. The molecule has 5 nitrogen and oxygen atoms in total. The number of hydrogen-bond donors (Lipinski definition) is 0. The number of nitro groups is 1. The van der Waals surface area contributed by atoms with Crippen LogP contribution in [0.3, 0.4) is 0 Å². The third kappa shape index (κ3) is 5.25. The third-order valence-electron chi connectivity index (χ3n) is 3.70. The number of nitrogens with zero attached hydrogens (tertiary/aromatic N) is 2. The summed E-state index contributed by atoms with van der Waals surface area (Å²) in [6.07, 6.45) is 1.41. The lowest BCUT2D eigenvalue weighted by molar-refractivity contribution is -0.387. The lowest BCUT2D eigenvalue weighted by Gasteiger charge is -2.05. The first kappa shape index (κ1) is 20.2. The van der Waals surface area contributed by atoms with Crippen molar-refractivity contribution >= 4 is 46.9 Å². The average molecular weight is 433 g/mol. The maximum absolute atomic E-state index is 11.4. The largest absolute Gasteiger partial charge is 0.391 e. The summed E-state index contributed by atoms with van der Waals surface area (Å²) < 4.78 is 0. The molecule has 0 aliphatic heterocycles. The average Bonchev–Trinajstić information content (AvgIpc) is 2.68. The van der Waals surface area contributed by atoms with Gasteiger partial charge in [-0.15, -0.1) is 0 Å². The van der Waals surface area contributed by atoms with Crippen molar-refractivity contribution in [1.82, 2.24) is 0 Å². The number of rotatable bonds is 7. The molecule has 0 bridgehead atoms. The molecule has 3 rings (SSSR count). The van der Waals surface area contributed by atoms with E-state index in [9.17, 15) is 10.1 Å². The zero-order valence-electron chi connectivity index (χ0n) is 14.4. The maximum Gasteiger partial charge on any atom is 0.283 e. The van der Waals surface area contributed by atoms with Crippen LogP contribution in [0.2, 0.25) is 10.0 Å². The standard InChI is InChI=1S/C20H14Cl2N2O3S/c21-17-7-4-8-18(22)16(17)13-27-23-12-14-9-10-20(19(11-14)24(25)26)28-15-5-2-1-3-6-15/h1-12H,13H2/b23-12-. The molecule has 0 aliphatic carbocycles. The summed E-state index contributed by atoms with van der Waals surface area (Å²) in [4.78, 5) is 17.7. The van der Waals surface area contributed by atoms with Crippen LogP contribution in [-0.4, -0.2) is 11.1 Å². The molecule has 0 amide bonds. The molecule has 0 fully saturated rings. The molecule has 0 aromatic heterocycles. The second-order valence-corrected chi connectivity index (χ2v) is 7.54. The second kappa shape index (κ2) is 9.59. The minimum absolute atomic E-state index is 0.00644. The van der Waals surface area contributed by atoms with Gasteiger partial charge in [-0.2, -0.15) is 0 Å². The number of halogens is 2. The summed E-state index contributed by atoms with van der Waals surface area (Å²) in [7, 11) is 0. The van der Waals surface area contributed by atoms with Gasteiger partial charge in [0, 0.05) is 32.1 Å². The van der Waals surface area contributed by atoms with Crippen molar-refractivity contribution in [2.75, 3.05) is 0 Å². The highest BCUT2D eigenvalue weighted by Gasteiger charge is 2.15. The smallest absolute Gasteiger partial charge is 0.283 e. The summed E-state index contributed by atoms with van der Waals surface area (Å²) in [5, 5.41) is 16.3. The van der Waals surface area contributed by atoms with Crippen LogP contribution >= 0.6 is 35.0 Å². The van der Waals surface area contributed by atoms with Gasteiger partial charge in [-0.3, -0.25) is 10.1 Å². The van der Waals surface area contributed by atoms with Crippen molar-refractivity contribution in [3.05, 3.63) is 98.0 Å². The summed E-state index contributed by atoms with van der Waals surface area (Å²) in [5.41, 5.74) is 1.19. The normalized spacial score (nSPS) is 10.9. The summed E-state index contributed by atoms with van der Waals surface area (Å²) >= 11 is 13.5. The summed E-state index contributed by atoms with van der Waals surface area (Å²) in [6.45, 7) is 0.0963. The predicted molar refractivity (Wildman–Crippen MR) is 113 cm³/mol. The first-order valence-electron chi connectivity index (χ1n) is 8.14. The number of benzene rings is 3. The Balaban J connectivity index is 1.71. The molecule has 0 saturated carbocycles. The van der Waals surface area contributed by atoms with E-state index in [1.165, 1.54) is 24.0 Å². The Kier molecular flexibility index (Phi) is 6.92. The minimum atomic E-state index is -0.410. The Hall–Kier alpha value is -2.54. The van der Waals surface area contributed by atoms with Crippen LogP contribution in [-0.2, 0) is 11.4 Å². The molecule has 0 radical (unpaired) electrons. The van der Waals surface area contributed by atoms with Crippen LogP contribution in [0.1, 0.15) is 11.1 Å². The van der Waals surface area contributed by atoms with Crippen LogP contribution in [0.25, 0.3) is 0 Å². The molecule has 3 aromatic rings. The molecule has 142 valence electrons. The molecular formula is C20H14Cl2N2O3S. The van der Waals surface area contributed by atoms with E-state index in [-0.39, 0.29) is 12.3 Å².